The second kappa shape index (κ2) is 7.06. The number of piperidine rings is 1. The van der Waals surface area contributed by atoms with Crippen LogP contribution in [-0.4, -0.2) is 42.4 Å². The monoisotopic (exact) mass is 280 g/mol. The Morgan fingerprint density at radius 2 is 2.42 bits per heavy atom. The van der Waals surface area contributed by atoms with Crippen LogP contribution in [0.25, 0.3) is 0 Å². The molecule has 4 heteroatoms. The summed E-state index contributed by atoms with van der Waals surface area (Å²) in [6, 6.07) is 4.12. The van der Waals surface area contributed by atoms with Crippen molar-refractivity contribution in [2.24, 2.45) is 5.92 Å². The molecule has 1 atom stereocenters. The van der Waals surface area contributed by atoms with Crippen molar-refractivity contribution in [1.29, 1.82) is 0 Å². The molecule has 1 aliphatic heterocycles. The smallest absolute Gasteiger partial charge is 0.223 e. The molecule has 0 spiro atoms. The third kappa shape index (κ3) is 4.62. The van der Waals surface area contributed by atoms with Gasteiger partial charge in [0.2, 0.25) is 5.91 Å². The minimum atomic E-state index is 0.256. The van der Waals surface area contributed by atoms with Gasteiger partial charge in [0, 0.05) is 31.4 Å². The first-order valence-electron chi connectivity index (χ1n) is 7.14. The van der Waals surface area contributed by atoms with Crippen molar-refractivity contribution in [1.82, 2.24) is 9.80 Å². The van der Waals surface area contributed by atoms with Gasteiger partial charge in [0.15, 0.2) is 0 Å². The second-order valence-corrected chi connectivity index (χ2v) is 6.66. The molecule has 0 aliphatic carbocycles. The summed E-state index contributed by atoms with van der Waals surface area (Å²) in [5, 5.41) is 2.06. The highest BCUT2D eigenvalue weighted by Crippen LogP contribution is 2.16. The number of hydrogen-bond donors (Lipinski definition) is 0. The third-order valence-corrected chi connectivity index (χ3v) is 4.64. The summed E-state index contributed by atoms with van der Waals surface area (Å²) in [6.45, 7) is 6.27. The largest absolute Gasteiger partial charge is 0.341 e. The van der Waals surface area contributed by atoms with Crippen LogP contribution < -0.4 is 0 Å². The summed E-state index contributed by atoms with van der Waals surface area (Å²) in [6.07, 6.45) is 3.26. The summed E-state index contributed by atoms with van der Waals surface area (Å²) in [4.78, 5) is 17.6. The average Bonchev–Trinajstić information content (AvgIpc) is 2.89. The SMILES string of the molecule is CC1CCCN(CCC(=O)N(C)Cc2cccs2)C1. The molecular weight excluding hydrogens is 256 g/mol. The van der Waals surface area contributed by atoms with E-state index < -0.39 is 0 Å². The van der Waals surface area contributed by atoms with Crippen LogP contribution in [0.15, 0.2) is 17.5 Å². The van der Waals surface area contributed by atoms with Crippen LogP contribution in [0.2, 0.25) is 0 Å². The van der Waals surface area contributed by atoms with Crippen LogP contribution in [0.5, 0.6) is 0 Å². The molecule has 0 saturated carbocycles. The number of likely N-dealkylation sites (tertiary alicyclic amines) is 1. The number of rotatable bonds is 5. The topological polar surface area (TPSA) is 23.6 Å². The molecule has 3 nitrogen and oxygen atoms in total. The van der Waals surface area contributed by atoms with Gasteiger partial charge < -0.3 is 9.80 Å². The van der Waals surface area contributed by atoms with Gasteiger partial charge in [-0.25, -0.2) is 0 Å². The molecule has 0 aromatic carbocycles. The number of thiophene rings is 1. The van der Waals surface area contributed by atoms with Gasteiger partial charge in [0.05, 0.1) is 6.54 Å². The first-order valence-corrected chi connectivity index (χ1v) is 8.02. The van der Waals surface area contributed by atoms with E-state index >= 15 is 0 Å². The lowest BCUT2D eigenvalue weighted by atomic mass is 10.0. The summed E-state index contributed by atoms with van der Waals surface area (Å²) in [5.41, 5.74) is 0. The maximum Gasteiger partial charge on any atom is 0.223 e. The van der Waals surface area contributed by atoms with Crippen molar-refractivity contribution in [2.45, 2.75) is 32.7 Å². The highest BCUT2D eigenvalue weighted by molar-refractivity contribution is 7.09. The Kier molecular flexibility index (Phi) is 5.40. The van der Waals surface area contributed by atoms with Gasteiger partial charge in [-0.3, -0.25) is 4.79 Å². The predicted octanol–water partition coefficient (Wildman–Crippen LogP) is 2.83. The van der Waals surface area contributed by atoms with Crippen LogP contribution in [0.1, 0.15) is 31.1 Å². The van der Waals surface area contributed by atoms with Gasteiger partial charge in [0.1, 0.15) is 0 Å². The van der Waals surface area contributed by atoms with E-state index in [-0.39, 0.29) is 5.91 Å². The normalized spacial score (nSPS) is 20.4. The summed E-state index contributed by atoms with van der Waals surface area (Å²) >= 11 is 1.71. The molecule has 1 aromatic rings. The van der Waals surface area contributed by atoms with Crippen molar-refractivity contribution < 1.29 is 4.79 Å². The second-order valence-electron chi connectivity index (χ2n) is 5.63. The first kappa shape index (κ1) is 14.5. The number of amides is 1. The Morgan fingerprint density at radius 3 is 3.11 bits per heavy atom. The fourth-order valence-corrected chi connectivity index (χ4v) is 3.42. The Bertz CT molecular complexity index is 391. The van der Waals surface area contributed by atoms with E-state index in [2.05, 4.69) is 23.3 Å². The van der Waals surface area contributed by atoms with Crippen LogP contribution in [-0.2, 0) is 11.3 Å². The lowest BCUT2D eigenvalue weighted by Crippen LogP contribution is -2.37. The Balaban J connectivity index is 1.71. The molecule has 1 amide bonds. The molecule has 19 heavy (non-hydrogen) atoms. The molecular formula is C15H24N2OS. The summed E-state index contributed by atoms with van der Waals surface area (Å²) in [7, 11) is 1.90. The molecule has 106 valence electrons. The lowest BCUT2D eigenvalue weighted by Gasteiger charge is -2.31. The molecule has 2 rings (SSSR count). The Labute approximate surface area is 120 Å². The average molecular weight is 280 g/mol. The molecule has 0 bridgehead atoms. The van der Waals surface area contributed by atoms with Gasteiger partial charge >= 0.3 is 0 Å². The molecule has 1 unspecified atom stereocenters. The quantitative estimate of drug-likeness (QED) is 0.828. The summed E-state index contributed by atoms with van der Waals surface area (Å²) < 4.78 is 0. The van der Waals surface area contributed by atoms with Crippen LogP contribution in [0.3, 0.4) is 0 Å². The number of nitrogens with zero attached hydrogens (tertiary/aromatic N) is 2. The molecule has 1 aromatic heterocycles. The molecule has 0 radical (unpaired) electrons. The molecule has 2 heterocycles. The van der Waals surface area contributed by atoms with Crippen LogP contribution in [0.4, 0.5) is 0 Å². The fourth-order valence-electron chi connectivity index (χ4n) is 2.66. The number of carbonyl (C=O) groups is 1. The zero-order chi connectivity index (χ0) is 13.7. The standard InChI is InChI=1S/C15H24N2OS/c1-13-5-3-8-17(11-13)9-7-15(18)16(2)12-14-6-4-10-19-14/h4,6,10,13H,3,5,7-9,11-12H2,1-2H3. The van der Waals surface area contributed by atoms with E-state index in [1.807, 2.05) is 18.0 Å². The summed E-state index contributed by atoms with van der Waals surface area (Å²) in [5.74, 6) is 1.04. The van der Waals surface area contributed by atoms with E-state index in [4.69, 9.17) is 0 Å². The van der Waals surface area contributed by atoms with Crippen molar-refractivity contribution in [3.63, 3.8) is 0 Å². The molecule has 1 aliphatic rings. The maximum atomic E-state index is 12.1. The molecule has 0 N–H and O–H groups in total. The molecule has 1 fully saturated rings. The van der Waals surface area contributed by atoms with E-state index in [1.54, 1.807) is 11.3 Å². The highest BCUT2D eigenvalue weighted by Gasteiger charge is 2.18. The van der Waals surface area contributed by atoms with Gasteiger partial charge in [-0.05, 0) is 36.8 Å². The van der Waals surface area contributed by atoms with Gasteiger partial charge in [-0.2, -0.15) is 0 Å². The van der Waals surface area contributed by atoms with E-state index in [1.165, 1.54) is 17.7 Å². The Hall–Kier alpha value is -0.870. The predicted molar refractivity (Wildman–Crippen MR) is 80.2 cm³/mol. The van der Waals surface area contributed by atoms with Crippen LogP contribution >= 0.6 is 11.3 Å². The van der Waals surface area contributed by atoms with Crippen molar-refractivity contribution in [2.75, 3.05) is 26.7 Å². The minimum absolute atomic E-state index is 0.256. The zero-order valence-corrected chi connectivity index (χ0v) is 12.8. The van der Waals surface area contributed by atoms with Crippen molar-refractivity contribution in [3.8, 4) is 0 Å². The zero-order valence-electron chi connectivity index (χ0n) is 12.0. The maximum absolute atomic E-state index is 12.1. The number of hydrogen-bond acceptors (Lipinski definition) is 3. The van der Waals surface area contributed by atoms with E-state index in [9.17, 15) is 4.79 Å². The first-order chi connectivity index (χ1) is 9.15. The lowest BCUT2D eigenvalue weighted by molar-refractivity contribution is -0.130. The van der Waals surface area contributed by atoms with Gasteiger partial charge in [0.25, 0.3) is 0 Å². The van der Waals surface area contributed by atoms with E-state index in [0.29, 0.717) is 6.42 Å². The molecule has 1 saturated heterocycles. The minimum Gasteiger partial charge on any atom is -0.341 e. The fraction of sp³-hybridized carbons (Fsp3) is 0.667. The Morgan fingerprint density at radius 1 is 1.58 bits per heavy atom. The van der Waals surface area contributed by atoms with Gasteiger partial charge in [-0.15, -0.1) is 11.3 Å². The van der Waals surface area contributed by atoms with Gasteiger partial charge in [-0.1, -0.05) is 13.0 Å². The highest BCUT2D eigenvalue weighted by atomic mass is 32.1. The van der Waals surface area contributed by atoms with E-state index in [0.717, 1.165) is 32.1 Å². The van der Waals surface area contributed by atoms with Crippen LogP contribution in [0, 0.1) is 5.92 Å². The third-order valence-electron chi connectivity index (χ3n) is 3.78. The number of carbonyl (C=O) groups excluding carboxylic acids is 1. The van der Waals surface area contributed by atoms with Crippen molar-refractivity contribution >= 4 is 17.2 Å². The van der Waals surface area contributed by atoms with Crippen molar-refractivity contribution in [3.05, 3.63) is 22.4 Å².